The van der Waals surface area contributed by atoms with Crippen LogP contribution in [0.1, 0.15) is 11.1 Å². The molecule has 0 aliphatic carbocycles. The van der Waals surface area contributed by atoms with Gasteiger partial charge in [0, 0.05) is 24.7 Å². The molecule has 0 bridgehead atoms. The second-order valence-corrected chi connectivity index (χ2v) is 4.72. The Balaban J connectivity index is 1.94. The Morgan fingerprint density at radius 2 is 1.90 bits per heavy atom. The van der Waals surface area contributed by atoms with E-state index in [0.29, 0.717) is 29.4 Å². The summed E-state index contributed by atoms with van der Waals surface area (Å²) in [6.45, 7) is 0.844. The second kappa shape index (κ2) is 6.68. The van der Waals surface area contributed by atoms with Gasteiger partial charge in [0.1, 0.15) is 17.4 Å². The molecular formula is C15H14ClF2NO. The minimum atomic E-state index is -0.576. The standard InChI is InChI=1S/C15H14ClF2NO/c1-20-15-5-2-10(6-13(15)16)8-19-9-11-3-4-12(17)7-14(11)18/h2-7,19H,8-9H2,1H3. The third kappa shape index (κ3) is 3.68. The van der Waals surface area contributed by atoms with Crippen molar-refractivity contribution < 1.29 is 13.5 Å². The lowest BCUT2D eigenvalue weighted by Crippen LogP contribution is -2.13. The molecule has 0 amide bonds. The number of rotatable bonds is 5. The minimum absolute atomic E-state index is 0.315. The van der Waals surface area contributed by atoms with Crippen molar-refractivity contribution in [1.29, 1.82) is 0 Å². The molecule has 0 spiro atoms. The molecule has 0 aromatic heterocycles. The van der Waals surface area contributed by atoms with Crippen molar-refractivity contribution >= 4 is 11.6 Å². The van der Waals surface area contributed by atoms with E-state index in [1.54, 1.807) is 19.2 Å². The first-order valence-corrected chi connectivity index (χ1v) is 6.45. The van der Waals surface area contributed by atoms with Gasteiger partial charge in [0.05, 0.1) is 12.1 Å². The summed E-state index contributed by atoms with van der Waals surface area (Å²) in [6, 6.07) is 8.98. The molecule has 0 unspecified atom stereocenters. The Morgan fingerprint density at radius 1 is 1.10 bits per heavy atom. The van der Waals surface area contributed by atoms with Crippen molar-refractivity contribution in [3.63, 3.8) is 0 Å². The lowest BCUT2D eigenvalue weighted by Gasteiger charge is -2.08. The van der Waals surface area contributed by atoms with Crippen LogP contribution < -0.4 is 10.1 Å². The molecule has 0 saturated carbocycles. The minimum Gasteiger partial charge on any atom is -0.495 e. The van der Waals surface area contributed by atoms with Crippen molar-refractivity contribution in [1.82, 2.24) is 5.32 Å². The van der Waals surface area contributed by atoms with Gasteiger partial charge in [-0.25, -0.2) is 8.78 Å². The molecule has 0 aliphatic heterocycles. The quantitative estimate of drug-likeness (QED) is 0.903. The molecule has 20 heavy (non-hydrogen) atoms. The SMILES string of the molecule is COc1ccc(CNCc2ccc(F)cc2F)cc1Cl. The Hall–Kier alpha value is -1.65. The number of benzene rings is 2. The summed E-state index contributed by atoms with van der Waals surface area (Å²) in [6.07, 6.45) is 0. The molecule has 0 radical (unpaired) electrons. The van der Waals surface area contributed by atoms with Crippen LogP contribution in [0, 0.1) is 11.6 Å². The molecule has 0 fully saturated rings. The third-order valence-corrected chi connectivity index (χ3v) is 3.17. The van der Waals surface area contributed by atoms with E-state index in [9.17, 15) is 8.78 Å². The van der Waals surface area contributed by atoms with Crippen molar-refractivity contribution in [2.24, 2.45) is 0 Å². The van der Waals surface area contributed by atoms with E-state index in [1.165, 1.54) is 12.1 Å². The van der Waals surface area contributed by atoms with Gasteiger partial charge in [-0.3, -0.25) is 0 Å². The zero-order valence-electron chi connectivity index (χ0n) is 10.9. The predicted octanol–water partition coefficient (Wildman–Crippen LogP) is 3.92. The van der Waals surface area contributed by atoms with Gasteiger partial charge in [-0.05, 0) is 23.8 Å². The van der Waals surface area contributed by atoms with Crippen molar-refractivity contribution in [2.75, 3.05) is 7.11 Å². The molecule has 106 valence electrons. The van der Waals surface area contributed by atoms with Gasteiger partial charge < -0.3 is 10.1 Å². The number of hydrogen-bond acceptors (Lipinski definition) is 2. The predicted molar refractivity (Wildman–Crippen MR) is 74.9 cm³/mol. The fraction of sp³-hybridized carbons (Fsp3) is 0.200. The molecule has 5 heteroatoms. The van der Waals surface area contributed by atoms with Crippen LogP contribution in [0.25, 0.3) is 0 Å². The molecule has 1 N–H and O–H groups in total. The van der Waals surface area contributed by atoms with E-state index in [1.807, 2.05) is 6.07 Å². The lowest BCUT2D eigenvalue weighted by atomic mass is 10.2. The number of hydrogen-bond donors (Lipinski definition) is 1. The highest BCUT2D eigenvalue weighted by Crippen LogP contribution is 2.24. The molecule has 2 nitrogen and oxygen atoms in total. The zero-order valence-corrected chi connectivity index (χ0v) is 11.7. The van der Waals surface area contributed by atoms with E-state index in [0.717, 1.165) is 11.6 Å². The normalized spacial score (nSPS) is 10.6. The van der Waals surface area contributed by atoms with Crippen LogP contribution in [0.4, 0.5) is 8.78 Å². The Kier molecular flexibility index (Phi) is 4.93. The maximum Gasteiger partial charge on any atom is 0.137 e. The number of halogens is 3. The van der Waals surface area contributed by atoms with Gasteiger partial charge in [-0.2, -0.15) is 0 Å². The van der Waals surface area contributed by atoms with Crippen molar-refractivity contribution in [3.8, 4) is 5.75 Å². The summed E-state index contributed by atoms with van der Waals surface area (Å²) in [5, 5.41) is 3.61. The van der Waals surface area contributed by atoms with Gasteiger partial charge in [0.25, 0.3) is 0 Å². The average molecular weight is 298 g/mol. The number of nitrogens with one attached hydrogen (secondary N) is 1. The van der Waals surface area contributed by atoms with Crippen LogP contribution in [-0.2, 0) is 13.1 Å². The van der Waals surface area contributed by atoms with Gasteiger partial charge in [0.2, 0.25) is 0 Å². The highest BCUT2D eigenvalue weighted by atomic mass is 35.5. The smallest absolute Gasteiger partial charge is 0.137 e. The average Bonchev–Trinajstić information content (AvgIpc) is 2.41. The summed E-state index contributed by atoms with van der Waals surface area (Å²) in [5.41, 5.74) is 1.38. The molecule has 0 aliphatic rings. The molecule has 0 atom stereocenters. The van der Waals surface area contributed by atoms with Crippen LogP contribution in [-0.4, -0.2) is 7.11 Å². The van der Waals surface area contributed by atoms with Gasteiger partial charge in [-0.15, -0.1) is 0 Å². The molecule has 0 heterocycles. The summed E-state index contributed by atoms with van der Waals surface area (Å²) >= 11 is 6.01. The summed E-state index contributed by atoms with van der Waals surface area (Å²) in [4.78, 5) is 0. The maximum atomic E-state index is 13.4. The molecular weight excluding hydrogens is 284 g/mol. The summed E-state index contributed by atoms with van der Waals surface area (Å²) in [5.74, 6) is -0.515. The van der Waals surface area contributed by atoms with Crippen LogP contribution in [0.5, 0.6) is 5.75 Å². The second-order valence-electron chi connectivity index (χ2n) is 4.31. The van der Waals surface area contributed by atoms with Crippen LogP contribution >= 0.6 is 11.6 Å². The molecule has 2 rings (SSSR count). The van der Waals surface area contributed by atoms with E-state index >= 15 is 0 Å². The van der Waals surface area contributed by atoms with E-state index in [2.05, 4.69) is 5.32 Å². The number of methoxy groups -OCH3 is 1. The monoisotopic (exact) mass is 297 g/mol. The zero-order chi connectivity index (χ0) is 14.5. The summed E-state index contributed by atoms with van der Waals surface area (Å²) < 4.78 is 31.2. The fourth-order valence-electron chi connectivity index (χ4n) is 1.83. The molecule has 2 aromatic rings. The summed E-state index contributed by atoms with van der Waals surface area (Å²) in [7, 11) is 1.55. The highest BCUT2D eigenvalue weighted by Gasteiger charge is 2.04. The largest absolute Gasteiger partial charge is 0.495 e. The molecule has 0 saturated heterocycles. The Morgan fingerprint density at radius 3 is 2.55 bits per heavy atom. The van der Waals surface area contributed by atoms with Crippen molar-refractivity contribution in [3.05, 3.63) is 64.2 Å². The maximum absolute atomic E-state index is 13.4. The topological polar surface area (TPSA) is 21.3 Å². The van der Waals surface area contributed by atoms with E-state index < -0.39 is 11.6 Å². The third-order valence-electron chi connectivity index (χ3n) is 2.88. The number of ether oxygens (including phenoxy) is 1. The first-order chi connectivity index (χ1) is 9.60. The van der Waals surface area contributed by atoms with Crippen LogP contribution in [0.2, 0.25) is 5.02 Å². The van der Waals surface area contributed by atoms with Gasteiger partial charge >= 0.3 is 0 Å². The lowest BCUT2D eigenvalue weighted by molar-refractivity contribution is 0.415. The van der Waals surface area contributed by atoms with Crippen LogP contribution in [0.3, 0.4) is 0 Å². The van der Waals surface area contributed by atoms with E-state index in [4.69, 9.17) is 16.3 Å². The van der Waals surface area contributed by atoms with Crippen LogP contribution in [0.15, 0.2) is 36.4 Å². The fourth-order valence-corrected chi connectivity index (χ4v) is 2.11. The van der Waals surface area contributed by atoms with Crippen molar-refractivity contribution in [2.45, 2.75) is 13.1 Å². The molecule has 2 aromatic carbocycles. The first kappa shape index (κ1) is 14.8. The first-order valence-electron chi connectivity index (χ1n) is 6.07. The van der Waals surface area contributed by atoms with E-state index in [-0.39, 0.29) is 0 Å². The van der Waals surface area contributed by atoms with Gasteiger partial charge in [0.15, 0.2) is 0 Å². The highest BCUT2D eigenvalue weighted by molar-refractivity contribution is 6.32. The Labute approximate surface area is 121 Å². The Bertz CT molecular complexity index is 604. The van der Waals surface area contributed by atoms with Gasteiger partial charge in [-0.1, -0.05) is 23.7 Å².